The largest absolute Gasteiger partial charge is 0.497 e. The summed E-state index contributed by atoms with van der Waals surface area (Å²) in [4.78, 5) is 6.70. The molecule has 0 amide bonds. The molecule has 1 saturated heterocycles. The van der Waals surface area contributed by atoms with Gasteiger partial charge in [0, 0.05) is 44.6 Å². The lowest BCUT2D eigenvalue weighted by Gasteiger charge is -2.36. The first-order valence-electron chi connectivity index (χ1n) is 8.75. The Hall–Kier alpha value is -2.14. The van der Waals surface area contributed by atoms with E-state index in [9.17, 15) is 0 Å². The van der Waals surface area contributed by atoms with Gasteiger partial charge in [-0.05, 0) is 52.2 Å². The lowest BCUT2D eigenvalue weighted by Crippen LogP contribution is -2.45. The second-order valence-electron chi connectivity index (χ2n) is 6.52. The molecule has 136 valence electrons. The smallest absolute Gasteiger partial charge is 0.119 e. The van der Waals surface area contributed by atoms with Gasteiger partial charge < -0.3 is 10.1 Å². The zero-order chi connectivity index (χ0) is 17.1. The molecule has 1 aromatic heterocycles. The second kappa shape index (κ2) is 8.49. The van der Waals surface area contributed by atoms with Crippen molar-refractivity contribution in [2.75, 3.05) is 26.7 Å². The van der Waals surface area contributed by atoms with Gasteiger partial charge in [0.25, 0.3) is 0 Å². The number of pyridine rings is 1. The number of benzene rings is 2. The molecule has 26 heavy (non-hydrogen) atoms. The molecular formula is C21H24ClN3O. The highest BCUT2D eigenvalue weighted by Gasteiger charge is 2.23. The molecule has 4 rings (SSSR count). The summed E-state index contributed by atoms with van der Waals surface area (Å²) in [5, 5.41) is 5.99. The van der Waals surface area contributed by atoms with Gasteiger partial charge in [-0.25, -0.2) is 0 Å². The van der Waals surface area contributed by atoms with Crippen molar-refractivity contribution in [3.63, 3.8) is 0 Å². The molecule has 1 aliphatic heterocycles. The number of fused-ring (bicyclic) bond motifs is 1. The summed E-state index contributed by atoms with van der Waals surface area (Å²) >= 11 is 0. The Morgan fingerprint density at radius 2 is 1.85 bits per heavy atom. The van der Waals surface area contributed by atoms with E-state index in [1.807, 2.05) is 18.5 Å². The van der Waals surface area contributed by atoms with Gasteiger partial charge in [0.05, 0.1) is 7.11 Å². The number of ether oxygens (including phenoxy) is 1. The highest BCUT2D eigenvalue weighted by Crippen LogP contribution is 2.26. The molecular weight excluding hydrogens is 346 g/mol. The van der Waals surface area contributed by atoms with E-state index < -0.39 is 0 Å². The molecule has 0 radical (unpaired) electrons. The van der Waals surface area contributed by atoms with E-state index in [4.69, 9.17) is 4.74 Å². The van der Waals surface area contributed by atoms with Gasteiger partial charge in [0.2, 0.25) is 0 Å². The Bertz CT molecular complexity index is 856. The monoisotopic (exact) mass is 369 g/mol. The number of aromatic nitrogens is 1. The molecule has 0 bridgehead atoms. The molecule has 2 aromatic carbocycles. The molecule has 2 heterocycles. The van der Waals surface area contributed by atoms with Crippen molar-refractivity contribution in [1.82, 2.24) is 15.2 Å². The Morgan fingerprint density at radius 3 is 2.65 bits per heavy atom. The Balaban J connectivity index is 0.00000196. The van der Waals surface area contributed by atoms with Gasteiger partial charge in [0.15, 0.2) is 0 Å². The first-order valence-corrected chi connectivity index (χ1v) is 8.75. The van der Waals surface area contributed by atoms with Crippen LogP contribution >= 0.6 is 12.4 Å². The number of nitrogens with zero attached hydrogens (tertiary/aromatic N) is 2. The van der Waals surface area contributed by atoms with Gasteiger partial charge in [-0.2, -0.15) is 0 Å². The highest BCUT2D eigenvalue weighted by atomic mass is 35.5. The topological polar surface area (TPSA) is 37.4 Å². The normalized spacial score (nSPS) is 17.7. The van der Waals surface area contributed by atoms with Crippen LogP contribution in [0.3, 0.4) is 0 Å². The molecule has 1 unspecified atom stereocenters. The molecule has 4 nitrogen and oxygen atoms in total. The zero-order valence-corrected chi connectivity index (χ0v) is 15.7. The lowest BCUT2D eigenvalue weighted by molar-refractivity contribution is 0.154. The van der Waals surface area contributed by atoms with E-state index in [-0.39, 0.29) is 12.4 Å². The fourth-order valence-corrected chi connectivity index (χ4v) is 3.58. The summed E-state index contributed by atoms with van der Waals surface area (Å²) in [7, 11) is 1.71. The molecule has 1 N–H and O–H groups in total. The summed E-state index contributed by atoms with van der Waals surface area (Å²) in [6.45, 7) is 4.02. The van der Waals surface area contributed by atoms with Crippen molar-refractivity contribution in [3.05, 3.63) is 72.1 Å². The maximum Gasteiger partial charge on any atom is 0.119 e. The van der Waals surface area contributed by atoms with Crippen molar-refractivity contribution in [2.24, 2.45) is 0 Å². The fraction of sp³-hybridized carbons (Fsp3) is 0.286. The fourth-order valence-electron chi connectivity index (χ4n) is 3.58. The quantitative estimate of drug-likeness (QED) is 0.758. The molecule has 1 fully saturated rings. The predicted molar refractivity (Wildman–Crippen MR) is 108 cm³/mol. The van der Waals surface area contributed by atoms with Gasteiger partial charge >= 0.3 is 0 Å². The Labute approximate surface area is 160 Å². The molecule has 0 saturated carbocycles. The van der Waals surface area contributed by atoms with Crippen LogP contribution in [-0.4, -0.2) is 36.6 Å². The predicted octanol–water partition coefficient (Wildman–Crippen LogP) is 3.81. The summed E-state index contributed by atoms with van der Waals surface area (Å²) in [5.41, 5.74) is 2.67. The van der Waals surface area contributed by atoms with Gasteiger partial charge in [-0.3, -0.25) is 9.88 Å². The third-order valence-electron chi connectivity index (χ3n) is 4.94. The van der Waals surface area contributed by atoms with Crippen LogP contribution in [0.15, 0.2) is 60.9 Å². The molecule has 3 aromatic rings. The maximum atomic E-state index is 5.32. The van der Waals surface area contributed by atoms with Crippen LogP contribution < -0.4 is 10.1 Å². The number of hydrogen-bond donors (Lipinski definition) is 1. The van der Waals surface area contributed by atoms with Crippen molar-refractivity contribution in [2.45, 2.75) is 12.6 Å². The third-order valence-corrected chi connectivity index (χ3v) is 4.94. The van der Waals surface area contributed by atoms with Crippen LogP contribution in [-0.2, 0) is 6.54 Å². The van der Waals surface area contributed by atoms with E-state index in [0.29, 0.717) is 6.04 Å². The van der Waals surface area contributed by atoms with E-state index in [2.05, 4.69) is 57.7 Å². The van der Waals surface area contributed by atoms with E-state index in [1.54, 1.807) is 7.11 Å². The van der Waals surface area contributed by atoms with Gasteiger partial charge in [0.1, 0.15) is 5.75 Å². The minimum Gasteiger partial charge on any atom is -0.497 e. The maximum absolute atomic E-state index is 5.32. The first kappa shape index (κ1) is 18.6. The van der Waals surface area contributed by atoms with Crippen LogP contribution in [0.4, 0.5) is 0 Å². The zero-order valence-electron chi connectivity index (χ0n) is 14.9. The second-order valence-corrected chi connectivity index (χ2v) is 6.52. The number of methoxy groups -OCH3 is 1. The minimum absolute atomic E-state index is 0. The number of halogens is 1. The third kappa shape index (κ3) is 3.98. The highest BCUT2D eigenvalue weighted by molar-refractivity contribution is 5.85. The summed E-state index contributed by atoms with van der Waals surface area (Å²) in [5.74, 6) is 0.903. The summed E-state index contributed by atoms with van der Waals surface area (Å²) in [6.07, 6.45) is 3.76. The van der Waals surface area contributed by atoms with Crippen LogP contribution in [0.2, 0.25) is 0 Å². The average molecular weight is 370 g/mol. The number of piperazine rings is 1. The summed E-state index contributed by atoms with van der Waals surface area (Å²) in [6, 6.07) is 17.6. The average Bonchev–Trinajstić information content (AvgIpc) is 2.68. The summed E-state index contributed by atoms with van der Waals surface area (Å²) < 4.78 is 5.32. The molecule has 0 spiro atoms. The molecule has 1 aliphatic rings. The van der Waals surface area contributed by atoms with Crippen molar-refractivity contribution in [1.29, 1.82) is 0 Å². The Kier molecular flexibility index (Phi) is 6.09. The van der Waals surface area contributed by atoms with Gasteiger partial charge in [-0.1, -0.05) is 18.2 Å². The number of hydrogen-bond acceptors (Lipinski definition) is 4. The Morgan fingerprint density at radius 1 is 1.08 bits per heavy atom. The minimum atomic E-state index is 0. The van der Waals surface area contributed by atoms with Crippen LogP contribution in [0.1, 0.15) is 17.2 Å². The standard InChI is InChI=1S/C21H23N3O.ClH/c1-25-20-5-4-18-12-16(2-3-19(18)13-20)15-24-11-10-23-14-21(24)17-6-8-22-9-7-17;/h2-9,12-13,21,23H,10-11,14-15H2,1H3;1H. The van der Waals surface area contributed by atoms with E-state index in [0.717, 1.165) is 31.9 Å². The van der Waals surface area contributed by atoms with Crippen molar-refractivity contribution < 1.29 is 4.74 Å². The molecule has 5 heteroatoms. The van der Waals surface area contributed by atoms with E-state index >= 15 is 0 Å². The van der Waals surface area contributed by atoms with E-state index in [1.165, 1.54) is 21.9 Å². The van der Waals surface area contributed by atoms with Gasteiger partial charge in [-0.15, -0.1) is 12.4 Å². The van der Waals surface area contributed by atoms with Crippen LogP contribution in [0.25, 0.3) is 10.8 Å². The van der Waals surface area contributed by atoms with Crippen LogP contribution in [0.5, 0.6) is 5.75 Å². The van der Waals surface area contributed by atoms with Crippen molar-refractivity contribution >= 4 is 23.2 Å². The number of nitrogens with one attached hydrogen (secondary N) is 1. The number of rotatable bonds is 4. The first-order chi connectivity index (χ1) is 12.3. The lowest BCUT2D eigenvalue weighted by atomic mass is 10.0. The SMILES string of the molecule is COc1ccc2cc(CN3CCNCC3c3ccncc3)ccc2c1.Cl. The van der Waals surface area contributed by atoms with Crippen LogP contribution in [0, 0.1) is 0 Å². The molecule has 0 aliphatic carbocycles. The molecule has 1 atom stereocenters. The van der Waals surface area contributed by atoms with Crippen molar-refractivity contribution in [3.8, 4) is 5.75 Å².